The Morgan fingerprint density at radius 3 is 1.35 bits per heavy atom. The van der Waals surface area contributed by atoms with Crippen LogP contribution in [-0.2, 0) is 49.1 Å². The van der Waals surface area contributed by atoms with Gasteiger partial charge in [-0.3, -0.25) is 19.6 Å². The van der Waals surface area contributed by atoms with Gasteiger partial charge in [-0.1, -0.05) is 59.6 Å². The van der Waals surface area contributed by atoms with Crippen molar-refractivity contribution in [2.24, 2.45) is 0 Å². The maximum atomic E-state index is 11.3. The summed E-state index contributed by atoms with van der Waals surface area (Å²) in [5.41, 5.74) is 6.01. The van der Waals surface area contributed by atoms with Crippen molar-refractivity contribution in [3.05, 3.63) is 163 Å². The Morgan fingerprint density at radius 1 is 0.583 bits per heavy atom. The fourth-order valence-electron chi connectivity index (χ4n) is 7.78. The van der Waals surface area contributed by atoms with E-state index in [2.05, 4.69) is 32.7 Å². The predicted molar refractivity (Wildman–Crippen MR) is 269 cm³/mol. The number of aliphatic hydroxyl groups is 2. The molecule has 0 spiro atoms. The highest BCUT2D eigenvalue weighted by Crippen LogP contribution is 2.37. The van der Waals surface area contributed by atoms with Crippen LogP contribution in [0.25, 0.3) is 11.1 Å². The summed E-state index contributed by atoms with van der Waals surface area (Å²) in [6.07, 6.45) is 5.21. The van der Waals surface area contributed by atoms with E-state index in [9.17, 15) is 40.5 Å². The summed E-state index contributed by atoms with van der Waals surface area (Å²) in [4.78, 5) is 30.8. The summed E-state index contributed by atoms with van der Waals surface area (Å²) in [6.45, 7) is 7.70. The number of halogens is 2. The van der Waals surface area contributed by atoms with Crippen molar-refractivity contribution in [1.29, 1.82) is 10.5 Å². The van der Waals surface area contributed by atoms with E-state index in [1.165, 1.54) is 26.2 Å². The molecule has 2 unspecified atom stereocenters. The van der Waals surface area contributed by atoms with Crippen LogP contribution >= 0.6 is 23.2 Å². The van der Waals surface area contributed by atoms with Crippen molar-refractivity contribution in [1.82, 2.24) is 20.6 Å². The molecule has 6 aromatic rings. The number of hydrogen-bond donors (Lipinski definition) is 6. The van der Waals surface area contributed by atoms with Crippen LogP contribution in [0.3, 0.4) is 0 Å². The van der Waals surface area contributed by atoms with E-state index in [4.69, 9.17) is 42.1 Å². The van der Waals surface area contributed by atoms with Gasteiger partial charge in [0.05, 0.1) is 45.2 Å². The number of nitrogens with one attached hydrogen (secondary N) is 2. The van der Waals surface area contributed by atoms with Crippen LogP contribution in [-0.4, -0.2) is 66.6 Å². The van der Waals surface area contributed by atoms with E-state index in [-0.39, 0.29) is 52.6 Å². The normalized spacial score (nSPS) is 12.7. The Morgan fingerprint density at radius 2 is 0.972 bits per heavy atom. The number of ether oxygens (including phenoxy) is 4. The molecule has 4 aromatic carbocycles. The average Bonchev–Trinajstić information content (AvgIpc) is 3.32. The molecular formula is C54H54Cl2N6O10. The molecule has 0 fully saturated rings. The number of aromatic nitrogens is 2. The van der Waals surface area contributed by atoms with Gasteiger partial charge in [0, 0.05) is 85.4 Å². The topological polar surface area (TPSA) is 249 Å². The Hall–Kier alpha value is -7.28. The highest BCUT2D eigenvalue weighted by Gasteiger charge is 2.26. The number of aliphatic carboxylic acids is 2. The SMILES string of the molecule is Cc1c(COc2cc(OCc3cncc(C#N)c3)c(CNCC(C)(O)CC(=O)O)cc2Cl)cccc1-c1cccc(COc2cc(OCc3cncc(C#N)c3)c(CNCC(C)(O)CC(=O)O)cc2Cl)c1C. The molecule has 18 heteroatoms. The Balaban J connectivity index is 1.19. The monoisotopic (exact) mass is 1020 g/mol. The summed E-state index contributed by atoms with van der Waals surface area (Å²) < 4.78 is 25.2. The van der Waals surface area contributed by atoms with Gasteiger partial charge in [-0.15, -0.1) is 0 Å². The summed E-state index contributed by atoms with van der Waals surface area (Å²) in [6, 6.07) is 26.1. The van der Waals surface area contributed by atoms with Crippen molar-refractivity contribution in [2.45, 2.75) is 91.3 Å². The van der Waals surface area contributed by atoms with Gasteiger partial charge >= 0.3 is 11.9 Å². The van der Waals surface area contributed by atoms with Crippen LogP contribution in [0.4, 0.5) is 0 Å². The van der Waals surface area contributed by atoms with Gasteiger partial charge in [0.2, 0.25) is 0 Å². The quantitative estimate of drug-likeness (QED) is 0.0314. The third-order valence-electron chi connectivity index (χ3n) is 11.5. The van der Waals surface area contributed by atoms with Gasteiger partial charge in [0.15, 0.2) is 0 Å². The van der Waals surface area contributed by atoms with E-state index in [1.807, 2.05) is 50.2 Å². The first-order valence-corrected chi connectivity index (χ1v) is 23.4. The first-order chi connectivity index (χ1) is 34.3. The number of carboxylic acids is 2. The number of hydrogen-bond acceptors (Lipinski definition) is 14. The number of carboxylic acid groups (broad SMARTS) is 2. The molecule has 0 aliphatic heterocycles. The largest absolute Gasteiger partial charge is 0.488 e. The van der Waals surface area contributed by atoms with Gasteiger partial charge in [-0.05, 0) is 85.3 Å². The molecule has 0 aliphatic rings. The summed E-state index contributed by atoms with van der Waals surface area (Å²) in [5, 5.41) is 65.1. The first-order valence-electron chi connectivity index (χ1n) is 22.6. The Bertz CT molecular complexity index is 2810. The van der Waals surface area contributed by atoms with Crippen molar-refractivity contribution < 1.29 is 49.0 Å². The molecule has 0 saturated carbocycles. The molecule has 0 aliphatic carbocycles. The maximum Gasteiger partial charge on any atom is 0.306 e. The molecule has 0 bridgehead atoms. The lowest BCUT2D eigenvalue weighted by atomic mass is 9.92. The van der Waals surface area contributed by atoms with Gasteiger partial charge in [-0.25, -0.2) is 0 Å². The zero-order chi connectivity index (χ0) is 52.0. The highest BCUT2D eigenvalue weighted by molar-refractivity contribution is 6.32. The molecule has 0 amide bonds. The molecule has 2 atom stereocenters. The lowest BCUT2D eigenvalue weighted by Gasteiger charge is -2.22. The maximum absolute atomic E-state index is 11.3. The van der Waals surface area contributed by atoms with E-state index in [0.29, 0.717) is 66.4 Å². The van der Waals surface area contributed by atoms with Gasteiger partial charge < -0.3 is 50.0 Å². The smallest absolute Gasteiger partial charge is 0.306 e. The van der Waals surface area contributed by atoms with E-state index >= 15 is 0 Å². The average molecular weight is 1020 g/mol. The zero-order valence-corrected chi connectivity index (χ0v) is 41.6. The molecule has 374 valence electrons. The molecule has 2 heterocycles. The van der Waals surface area contributed by atoms with Crippen LogP contribution in [0.5, 0.6) is 23.0 Å². The van der Waals surface area contributed by atoms with Crippen molar-refractivity contribution in [3.63, 3.8) is 0 Å². The second kappa shape index (κ2) is 24.7. The summed E-state index contributed by atoms with van der Waals surface area (Å²) in [5.74, 6) is -0.718. The van der Waals surface area contributed by atoms with Crippen LogP contribution in [0, 0.1) is 36.5 Å². The number of benzene rings is 4. The number of rotatable bonds is 25. The fraction of sp³-hybridized carbons (Fsp3) is 0.296. The second-order valence-electron chi connectivity index (χ2n) is 17.8. The molecule has 72 heavy (non-hydrogen) atoms. The predicted octanol–water partition coefficient (Wildman–Crippen LogP) is 8.76. The number of nitriles is 2. The number of carbonyl (C=O) groups is 2. The molecule has 6 rings (SSSR count). The van der Waals surface area contributed by atoms with Crippen molar-refractivity contribution in [2.75, 3.05) is 13.1 Å². The van der Waals surface area contributed by atoms with E-state index in [1.54, 1.807) is 48.8 Å². The van der Waals surface area contributed by atoms with Crippen molar-refractivity contribution in [3.8, 4) is 46.3 Å². The fourth-order valence-corrected chi connectivity index (χ4v) is 8.26. The van der Waals surface area contributed by atoms with E-state index in [0.717, 1.165) is 33.4 Å². The third kappa shape index (κ3) is 15.4. The van der Waals surface area contributed by atoms with Gasteiger partial charge in [0.1, 0.15) is 61.6 Å². The molecule has 0 radical (unpaired) electrons. The molecule has 0 saturated heterocycles. The van der Waals surface area contributed by atoms with E-state index < -0.39 is 36.0 Å². The second-order valence-corrected chi connectivity index (χ2v) is 18.7. The lowest BCUT2D eigenvalue weighted by Crippen LogP contribution is -2.39. The van der Waals surface area contributed by atoms with Crippen LogP contribution in [0.2, 0.25) is 10.0 Å². The number of pyridine rings is 2. The standard InChI is InChI=1S/C54H54Cl2N6O10/c1-33-39(29-71-49-15-47(69-27-37-11-35(19-57)21-59-23-37)41(13-45(49)55)25-61-31-53(3,67)17-51(63)64)7-5-9-43(33)44-10-6-8-40(34(44)2)30-72-50-16-48(70-28-38-12-36(20-58)22-60-24-38)42(14-46(50)56)26-62-32-54(4,68)18-52(65)66/h5-16,21-24,61-62,67-68H,17-18,25-32H2,1-4H3,(H,63,64)(H,65,66). The molecule has 6 N–H and O–H groups in total. The third-order valence-corrected chi connectivity index (χ3v) is 12.1. The van der Waals surface area contributed by atoms with Crippen LogP contribution in [0.1, 0.15) is 82.3 Å². The Labute approximate surface area is 427 Å². The van der Waals surface area contributed by atoms with Gasteiger partial charge in [0.25, 0.3) is 0 Å². The summed E-state index contributed by atoms with van der Waals surface area (Å²) in [7, 11) is 0. The lowest BCUT2D eigenvalue weighted by molar-refractivity contribution is -0.143. The van der Waals surface area contributed by atoms with Crippen LogP contribution in [0.15, 0.2) is 97.6 Å². The summed E-state index contributed by atoms with van der Waals surface area (Å²) >= 11 is 13.6. The highest BCUT2D eigenvalue weighted by atomic mass is 35.5. The molecular weight excluding hydrogens is 964 g/mol. The minimum atomic E-state index is -1.50. The minimum absolute atomic E-state index is 0.0150. The first kappa shape index (κ1) is 54.1. The number of nitrogens with zero attached hydrogens (tertiary/aromatic N) is 4. The zero-order valence-electron chi connectivity index (χ0n) is 40.1. The minimum Gasteiger partial charge on any atom is -0.488 e. The molecule has 2 aromatic heterocycles. The van der Waals surface area contributed by atoms with Gasteiger partial charge in [-0.2, -0.15) is 10.5 Å². The molecule has 16 nitrogen and oxygen atoms in total. The van der Waals surface area contributed by atoms with Crippen LogP contribution < -0.4 is 29.6 Å². The Kier molecular flexibility index (Phi) is 18.6. The van der Waals surface area contributed by atoms with Crippen molar-refractivity contribution >= 4 is 35.1 Å².